The van der Waals surface area contributed by atoms with E-state index in [-0.39, 0.29) is 0 Å². The topological polar surface area (TPSA) is 20.7 Å². The van der Waals surface area contributed by atoms with Gasteiger partial charge in [0.15, 0.2) is 0 Å². The zero-order chi connectivity index (χ0) is 23.7. The molecule has 0 saturated heterocycles. The first kappa shape index (κ1) is 27.1. The van der Waals surface area contributed by atoms with E-state index in [2.05, 4.69) is 46.1 Å². The summed E-state index contributed by atoms with van der Waals surface area (Å²) in [4.78, 5) is 3.37. The maximum Gasteiger partial charge on any atom is 0.0592 e. The van der Waals surface area contributed by atoms with Crippen LogP contribution >= 0.6 is 11.3 Å². The second-order valence-electron chi connectivity index (χ2n) is 10.3. The van der Waals surface area contributed by atoms with Crippen molar-refractivity contribution < 1.29 is 0 Å². The standard InChI is InChI=1S/C31H50N2S/c1-2-3-4-5-6-7-8-9-10-11-12-13-14-15-16-17-18-19-24-33-29(26-28-21-20-23-32-28)27-31-30(33)22-25-34-31/h20-23,25,27,32H,2-19,24,26H2,1H3. The van der Waals surface area contributed by atoms with Crippen LogP contribution in [0, 0.1) is 0 Å². The first-order valence-corrected chi connectivity index (χ1v) is 15.4. The molecular weight excluding hydrogens is 432 g/mol. The molecule has 0 aromatic carbocycles. The molecule has 0 amide bonds. The summed E-state index contributed by atoms with van der Waals surface area (Å²) in [6, 6.07) is 8.99. The van der Waals surface area contributed by atoms with Gasteiger partial charge in [0, 0.05) is 30.6 Å². The maximum atomic E-state index is 3.37. The fraction of sp³-hybridized carbons (Fsp3) is 0.677. The highest BCUT2D eigenvalue weighted by Gasteiger charge is 2.10. The molecule has 190 valence electrons. The fourth-order valence-electron chi connectivity index (χ4n) is 5.28. The second kappa shape index (κ2) is 17.0. The Hall–Kier alpha value is -1.48. The van der Waals surface area contributed by atoms with Crippen LogP contribution in [0.25, 0.3) is 10.2 Å². The first-order valence-electron chi connectivity index (χ1n) is 14.6. The number of nitrogens with one attached hydrogen (secondary N) is 1. The molecule has 34 heavy (non-hydrogen) atoms. The van der Waals surface area contributed by atoms with Gasteiger partial charge in [-0.05, 0) is 36.1 Å². The minimum absolute atomic E-state index is 1.01. The van der Waals surface area contributed by atoms with Crippen molar-refractivity contribution in [3.8, 4) is 0 Å². The quantitative estimate of drug-likeness (QED) is 0.146. The van der Waals surface area contributed by atoms with E-state index in [1.165, 1.54) is 137 Å². The molecule has 0 radical (unpaired) electrons. The zero-order valence-electron chi connectivity index (χ0n) is 22.0. The Morgan fingerprint density at radius 2 is 1.26 bits per heavy atom. The Labute approximate surface area is 213 Å². The number of hydrogen-bond acceptors (Lipinski definition) is 1. The lowest BCUT2D eigenvalue weighted by atomic mass is 10.0. The summed E-state index contributed by atoms with van der Waals surface area (Å²) in [5, 5.41) is 2.23. The van der Waals surface area contributed by atoms with E-state index in [9.17, 15) is 0 Å². The molecule has 1 N–H and O–H groups in total. The van der Waals surface area contributed by atoms with E-state index in [0.29, 0.717) is 0 Å². The van der Waals surface area contributed by atoms with Gasteiger partial charge >= 0.3 is 0 Å². The van der Waals surface area contributed by atoms with Crippen LogP contribution in [0.3, 0.4) is 0 Å². The number of fused-ring (bicyclic) bond motifs is 1. The summed E-state index contributed by atoms with van der Waals surface area (Å²) >= 11 is 1.87. The molecule has 0 aliphatic rings. The van der Waals surface area contributed by atoms with Crippen LogP contribution in [0.15, 0.2) is 35.8 Å². The monoisotopic (exact) mass is 482 g/mol. The first-order chi connectivity index (χ1) is 16.9. The summed E-state index contributed by atoms with van der Waals surface area (Å²) in [6.07, 6.45) is 28.9. The SMILES string of the molecule is CCCCCCCCCCCCCCCCCCCCn1c(Cc2ccc[nH]2)cc2sccc21. The Morgan fingerprint density at radius 3 is 1.79 bits per heavy atom. The number of unbranched alkanes of at least 4 members (excludes halogenated alkanes) is 17. The molecule has 3 rings (SSSR count). The van der Waals surface area contributed by atoms with Crippen molar-refractivity contribution in [2.75, 3.05) is 0 Å². The number of H-pyrrole nitrogens is 1. The van der Waals surface area contributed by atoms with Crippen molar-refractivity contribution in [3.63, 3.8) is 0 Å². The molecule has 3 aromatic heterocycles. The van der Waals surface area contributed by atoms with Gasteiger partial charge in [-0.1, -0.05) is 116 Å². The Kier molecular flexibility index (Phi) is 13.6. The van der Waals surface area contributed by atoms with Crippen molar-refractivity contribution in [2.24, 2.45) is 0 Å². The molecule has 3 heteroatoms. The number of aromatic amines is 1. The molecule has 0 bridgehead atoms. The van der Waals surface area contributed by atoms with E-state index in [0.717, 1.165) is 13.0 Å². The summed E-state index contributed by atoms with van der Waals surface area (Å²) in [5.74, 6) is 0. The van der Waals surface area contributed by atoms with Gasteiger partial charge in [-0.15, -0.1) is 11.3 Å². The molecule has 0 fully saturated rings. The molecule has 3 heterocycles. The summed E-state index contributed by atoms with van der Waals surface area (Å²) in [6.45, 7) is 3.46. The number of aryl methyl sites for hydroxylation is 1. The average Bonchev–Trinajstić information content (AvgIpc) is 3.58. The molecule has 0 atom stereocenters. The third-order valence-electron chi connectivity index (χ3n) is 7.38. The summed E-state index contributed by atoms with van der Waals surface area (Å²) < 4.78 is 4.00. The molecule has 0 spiro atoms. The predicted molar refractivity (Wildman–Crippen MR) is 152 cm³/mol. The normalized spacial score (nSPS) is 11.7. The number of rotatable bonds is 21. The number of nitrogens with zero attached hydrogens (tertiary/aromatic N) is 1. The van der Waals surface area contributed by atoms with E-state index < -0.39 is 0 Å². The Balaban J connectivity index is 1.15. The highest BCUT2D eigenvalue weighted by Crippen LogP contribution is 2.27. The van der Waals surface area contributed by atoms with Gasteiger partial charge in [-0.2, -0.15) is 0 Å². The highest BCUT2D eigenvalue weighted by molar-refractivity contribution is 7.17. The van der Waals surface area contributed by atoms with Crippen molar-refractivity contribution in [2.45, 2.75) is 135 Å². The minimum atomic E-state index is 1.01. The van der Waals surface area contributed by atoms with E-state index >= 15 is 0 Å². The van der Waals surface area contributed by atoms with Gasteiger partial charge < -0.3 is 9.55 Å². The molecule has 3 aromatic rings. The molecule has 0 unspecified atom stereocenters. The number of aromatic nitrogens is 2. The highest BCUT2D eigenvalue weighted by atomic mass is 32.1. The van der Waals surface area contributed by atoms with E-state index in [1.807, 2.05) is 17.5 Å². The van der Waals surface area contributed by atoms with Crippen LogP contribution in [0.5, 0.6) is 0 Å². The van der Waals surface area contributed by atoms with Gasteiger partial charge in [-0.3, -0.25) is 0 Å². The van der Waals surface area contributed by atoms with Gasteiger partial charge in [0.2, 0.25) is 0 Å². The van der Waals surface area contributed by atoms with Crippen molar-refractivity contribution in [1.82, 2.24) is 9.55 Å². The molecule has 2 nitrogen and oxygen atoms in total. The number of hydrogen-bond donors (Lipinski definition) is 1. The third-order valence-corrected chi connectivity index (χ3v) is 8.23. The molecule has 0 saturated carbocycles. The van der Waals surface area contributed by atoms with Crippen LogP contribution in [-0.2, 0) is 13.0 Å². The molecular formula is C31H50N2S. The van der Waals surface area contributed by atoms with Crippen LogP contribution in [0.4, 0.5) is 0 Å². The molecule has 0 aliphatic carbocycles. The largest absolute Gasteiger partial charge is 0.365 e. The molecule has 0 aliphatic heterocycles. The van der Waals surface area contributed by atoms with Crippen LogP contribution < -0.4 is 0 Å². The van der Waals surface area contributed by atoms with E-state index in [4.69, 9.17) is 0 Å². The van der Waals surface area contributed by atoms with E-state index in [1.54, 1.807) is 0 Å². The minimum Gasteiger partial charge on any atom is -0.365 e. The van der Waals surface area contributed by atoms with Crippen molar-refractivity contribution >= 4 is 21.6 Å². The van der Waals surface area contributed by atoms with Crippen molar-refractivity contribution in [3.05, 3.63) is 47.2 Å². The number of thiophene rings is 1. The van der Waals surface area contributed by atoms with Crippen LogP contribution in [0.2, 0.25) is 0 Å². The Morgan fingerprint density at radius 1 is 0.706 bits per heavy atom. The Bertz CT molecular complexity index is 857. The zero-order valence-corrected chi connectivity index (χ0v) is 22.8. The van der Waals surface area contributed by atoms with Gasteiger partial charge in [0.1, 0.15) is 0 Å². The van der Waals surface area contributed by atoms with Crippen LogP contribution in [0.1, 0.15) is 134 Å². The average molecular weight is 483 g/mol. The predicted octanol–water partition coefficient (Wildman–Crippen LogP) is 10.7. The smallest absolute Gasteiger partial charge is 0.0592 e. The third kappa shape index (κ3) is 10.0. The second-order valence-corrected chi connectivity index (χ2v) is 11.3. The van der Waals surface area contributed by atoms with Gasteiger partial charge in [0.25, 0.3) is 0 Å². The lowest BCUT2D eigenvalue weighted by molar-refractivity contribution is 0.518. The maximum absolute atomic E-state index is 3.37. The van der Waals surface area contributed by atoms with Gasteiger partial charge in [-0.25, -0.2) is 0 Å². The van der Waals surface area contributed by atoms with Crippen LogP contribution in [-0.4, -0.2) is 9.55 Å². The lowest BCUT2D eigenvalue weighted by Crippen LogP contribution is -2.04. The fourth-order valence-corrected chi connectivity index (χ4v) is 6.13. The summed E-state index contributed by atoms with van der Waals surface area (Å²) in [5.41, 5.74) is 4.19. The lowest BCUT2D eigenvalue weighted by Gasteiger charge is -2.10. The summed E-state index contributed by atoms with van der Waals surface area (Å²) in [7, 11) is 0. The van der Waals surface area contributed by atoms with Gasteiger partial charge in [0.05, 0.1) is 10.2 Å². The van der Waals surface area contributed by atoms with Crippen molar-refractivity contribution in [1.29, 1.82) is 0 Å².